The Morgan fingerprint density at radius 3 is 0.649 bits per heavy atom. The number of rotatable bonds is 65. The minimum Gasteiger partial charge on any atom is -0.462 e. The Kier molecular flexibility index (Phi) is 64.6. The van der Waals surface area contributed by atoms with Gasteiger partial charge in [-0.3, -0.25) is 14.4 Å². The maximum atomic E-state index is 12.8. The fourth-order valence-electron chi connectivity index (χ4n) is 10.7. The highest BCUT2D eigenvalue weighted by atomic mass is 16.6. The maximum Gasteiger partial charge on any atom is 0.306 e. The van der Waals surface area contributed by atoms with E-state index >= 15 is 0 Å². The second-order valence-corrected chi connectivity index (χ2v) is 23.8. The number of ether oxygens (including phenoxy) is 3. The molecule has 0 saturated carbocycles. The lowest BCUT2D eigenvalue weighted by Crippen LogP contribution is -2.30. The maximum absolute atomic E-state index is 12.8. The zero-order valence-electron chi connectivity index (χ0n) is 52.3. The monoisotopic (exact) mass is 1080 g/mol. The van der Waals surface area contributed by atoms with Gasteiger partial charge in [-0.2, -0.15) is 0 Å². The summed E-state index contributed by atoms with van der Waals surface area (Å²) < 4.78 is 16.9. The van der Waals surface area contributed by atoms with Crippen LogP contribution < -0.4 is 0 Å². The normalized spacial score (nSPS) is 12.1. The van der Waals surface area contributed by atoms with Crippen molar-refractivity contribution in [2.24, 2.45) is 0 Å². The first-order valence-electron chi connectivity index (χ1n) is 34.8. The molecule has 0 rings (SSSR count). The van der Waals surface area contributed by atoms with E-state index in [0.29, 0.717) is 19.3 Å². The first kappa shape index (κ1) is 74.9. The molecule has 0 aliphatic heterocycles. The highest BCUT2D eigenvalue weighted by Crippen LogP contribution is 2.18. The van der Waals surface area contributed by atoms with Crippen molar-refractivity contribution >= 4 is 17.9 Å². The highest BCUT2D eigenvalue weighted by molar-refractivity contribution is 5.71. The van der Waals surface area contributed by atoms with Gasteiger partial charge in [-0.25, -0.2) is 0 Å². The zero-order valence-corrected chi connectivity index (χ0v) is 52.3. The van der Waals surface area contributed by atoms with Crippen molar-refractivity contribution in [3.63, 3.8) is 0 Å². The van der Waals surface area contributed by atoms with Gasteiger partial charge in [0.1, 0.15) is 13.2 Å². The van der Waals surface area contributed by atoms with Crippen LogP contribution in [0.2, 0.25) is 0 Å². The van der Waals surface area contributed by atoms with Crippen LogP contribution in [0, 0.1) is 0 Å². The van der Waals surface area contributed by atoms with Crippen LogP contribution in [0.25, 0.3) is 0 Å². The fraction of sp³-hybridized carbons (Fsp3) is 0.901. The molecule has 1 unspecified atom stereocenters. The number of unbranched alkanes of at least 4 members (excludes halogenated alkanes) is 50. The van der Waals surface area contributed by atoms with Crippen molar-refractivity contribution in [2.45, 2.75) is 399 Å². The number of hydrogen-bond donors (Lipinski definition) is 0. The van der Waals surface area contributed by atoms with Gasteiger partial charge in [-0.1, -0.05) is 328 Å². The molecule has 6 nitrogen and oxygen atoms in total. The Morgan fingerprint density at radius 2 is 0.429 bits per heavy atom. The zero-order chi connectivity index (χ0) is 55.7. The summed E-state index contributed by atoms with van der Waals surface area (Å²) in [7, 11) is 0. The van der Waals surface area contributed by atoms with Gasteiger partial charge in [0.2, 0.25) is 0 Å². The Bertz CT molecular complexity index is 1240. The molecule has 77 heavy (non-hydrogen) atoms. The van der Waals surface area contributed by atoms with Crippen LogP contribution in [0.15, 0.2) is 24.3 Å². The van der Waals surface area contributed by atoms with Crippen molar-refractivity contribution < 1.29 is 28.6 Å². The molecule has 0 aliphatic carbocycles. The predicted molar refractivity (Wildman–Crippen MR) is 335 cm³/mol. The number of esters is 3. The smallest absolute Gasteiger partial charge is 0.306 e. The summed E-state index contributed by atoms with van der Waals surface area (Å²) >= 11 is 0. The van der Waals surface area contributed by atoms with Gasteiger partial charge in [0.05, 0.1) is 0 Å². The minimum atomic E-state index is -0.770. The van der Waals surface area contributed by atoms with Gasteiger partial charge < -0.3 is 14.2 Å². The standard InChI is InChI=1S/C71H134O6/c1-4-7-10-13-16-19-21-23-25-26-27-28-29-30-31-32-33-34-35-36-37-38-39-40-41-42-43-44-46-47-49-52-55-58-61-64-70(73)76-67-68(66-75-69(72)63-60-57-54-51-18-15-12-9-6-3)77-71(74)65-62-59-56-53-50-48-45-24-22-20-17-14-11-8-5-2/h24,26-27,45,68H,4-23,25,28-44,46-67H2,1-3H3/b27-26-,45-24-. The van der Waals surface area contributed by atoms with Gasteiger partial charge in [0.15, 0.2) is 6.10 Å². The Balaban J connectivity index is 3.95. The third-order valence-corrected chi connectivity index (χ3v) is 15.9. The molecule has 0 aliphatic rings. The first-order chi connectivity index (χ1) is 38.0. The summed E-state index contributed by atoms with van der Waals surface area (Å²) in [6, 6.07) is 0. The molecular weight excluding hydrogens is 949 g/mol. The Hall–Kier alpha value is -2.11. The topological polar surface area (TPSA) is 78.9 Å². The highest BCUT2D eigenvalue weighted by Gasteiger charge is 2.19. The summed E-state index contributed by atoms with van der Waals surface area (Å²) in [6.07, 6.45) is 81.0. The molecular formula is C71H134O6. The molecule has 0 amide bonds. The van der Waals surface area contributed by atoms with Crippen LogP contribution in [-0.2, 0) is 28.6 Å². The Morgan fingerprint density at radius 1 is 0.247 bits per heavy atom. The lowest BCUT2D eigenvalue weighted by molar-refractivity contribution is -0.167. The summed E-state index contributed by atoms with van der Waals surface area (Å²) in [5.74, 6) is -0.855. The van der Waals surface area contributed by atoms with E-state index in [1.807, 2.05) is 0 Å². The van der Waals surface area contributed by atoms with Crippen LogP contribution in [0.5, 0.6) is 0 Å². The van der Waals surface area contributed by atoms with Crippen LogP contribution in [0.1, 0.15) is 393 Å². The molecule has 0 N–H and O–H groups in total. The predicted octanol–water partition coefficient (Wildman–Crippen LogP) is 23.8. The number of allylic oxidation sites excluding steroid dienone is 4. The van der Waals surface area contributed by atoms with Crippen molar-refractivity contribution in [2.75, 3.05) is 13.2 Å². The number of carbonyl (C=O) groups excluding carboxylic acids is 3. The third kappa shape index (κ3) is 64.6. The molecule has 0 spiro atoms. The van der Waals surface area contributed by atoms with E-state index in [4.69, 9.17) is 14.2 Å². The molecule has 0 bridgehead atoms. The second-order valence-electron chi connectivity index (χ2n) is 23.8. The number of carbonyl (C=O) groups is 3. The molecule has 0 aromatic heterocycles. The molecule has 1 atom stereocenters. The van der Waals surface area contributed by atoms with E-state index in [9.17, 15) is 14.4 Å². The Labute approximate surface area is 481 Å². The van der Waals surface area contributed by atoms with Gasteiger partial charge in [-0.15, -0.1) is 0 Å². The van der Waals surface area contributed by atoms with Crippen molar-refractivity contribution in [3.8, 4) is 0 Å². The van der Waals surface area contributed by atoms with Gasteiger partial charge >= 0.3 is 17.9 Å². The van der Waals surface area contributed by atoms with E-state index in [1.165, 1.54) is 289 Å². The van der Waals surface area contributed by atoms with Crippen molar-refractivity contribution in [1.82, 2.24) is 0 Å². The van der Waals surface area contributed by atoms with Gasteiger partial charge in [0.25, 0.3) is 0 Å². The average molecular weight is 1080 g/mol. The first-order valence-corrected chi connectivity index (χ1v) is 34.8. The summed E-state index contributed by atoms with van der Waals surface area (Å²) in [5, 5.41) is 0. The van der Waals surface area contributed by atoms with Gasteiger partial charge in [0, 0.05) is 19.3 Å². The van der Waals surface area contributed by atoms with E-state index in [1.54, 1.807) is 0 Å². The van der Waals surface area contributed by atoms with Crippen molar-refractivity contribution in [1.29, 1.82) is 0 Å². The van der Waals surface area contributed by atoms with Crippen LogP contribution in [-0.4, -0.2) is 37.2 Å². The van der Waals surface area contributed by atoms with Crippen LogP contribution in [0.4, 0.5) is 0 Å². The lowest BCUT2D eigenvalue weighted by atomic mass is 10.0. The third-order valence-electron chi connectivity index (χ3n) is 15.9. The van der Waals surface area contributed by atoms with E-state index in [-0.39, 0.29) is 31.1 Å². The second kappa shape index (κ2) is 66.4. The van der Waals surface area contributed by atoms with Crippen LogP contribution >= 0.6 is 0 Å². The average Bonchev–Trinajstić information content (AvgIpc) is 3.43. The van der Waals surface area contributed by atoms with Crippen molar-refractivity contribution in [3.05, 3.63) is 24.3 Å². The molecule has 0 radical (unpaired) electrons. The molecule has 0 saturated heterocycles. The fourth-order valence-corrected chi connectivity index (χ4v) is 10.7. The molecule has 0 fully saturated rings. The molecule has 454 valence electrons. The van der Waals surface area contributed by atoms with E-state index in [2.05, 4.69) is 45.1 Å². The number of hydrogen-bond acceptors (Lipinski definition) is 6. The SMILES string of the molecule is CCCCCCCC/C=C\CCCCCCCC(=O)OC(COC(=O)CCCCCCCCCCC)COC(=O)CCCCCCCCCCCCCCCCCCCCCCCCC/C=C\CCCCCCCCCC. The summed E-state index contributed by atoms with van der Waals surface area (Å²) in [5.41, 5.74) is 0. The quantitative estimate of drug-likeness (QED) is 0.0261. The molecule has 6 heteroatoms. The van der Waals surface area contributed by atoms with E-state index < -0.39 is 6.10 Å². The van der Waals surface area contributed by atoms with Crippen LogP contribution in [0.3, 0.4) is 0 Å². The summed E-state index contributed by atoms with van der Waals surface area (Å²) in [6.45, 7) is 6.67. The van der Waals surface area contributed by atoms with Gasteiger partial charge in [-0.05, 0) is 70.6 Å². The largest absolute Gasteiger partial charge is 0.462 e. The molecule has 0 heterocycles. The molecule has 0 aromatic carbocycles. The molecule has 0 aromatic rings. The van der Waals surface area contributed by atoms with E-state index in [0.717, 1.165) is 64.2 Å². The summed E-state index contributed by atoms with van der Waals surface area (Å²) in [4.78, 5) is 38.1. The minimum absolute atomic E-state index is 0.0687. The lowest BCUT2D eigenvalue weighted by Gasteiger charge is -2.18.